The van der Waals surface area contributed by atoms with Crippen LogP contribution in [0.2, 0.25) is 0 Å². The van der Waals surface area contributed by atoms with Crippen LogP contribution in [0.1, 0.15) is 23.2 Å². The third-order valence-corrected chi connectivity index (χ3v) is 3.60. The maximum absolute atomic E-state index is 13.3. The van der Waals surface area contributed by atoms with Gasteiger partial charge in [-0.25, -0.2) is 8.78 Å². The summed E-state index contributed by atoms with van der Waals surface area (Å²) >= 11 is 0. The highest BCUT2D eigenvalue weighted by molar-refractivity contribution is 5.94. The predicted octanol–water partition coefficient (Wildman–Crippen LogP) is 2.21. The molecular formula is C12H11F2NO. The van der Waals surface area contributed by atoms with E-state index in [1.54, 1.807) is 30.3 Å². The molecule has 1 atom stereocenters. The summed E-state index contributed by atoms with van der Waals surface area (Å²) in [6, 6.07) is 7.50. The molecule has 0 radical (unpaired) electrons. The number of alkyl halides is 2. The van der Waals surface area contributed by atoms with Crippen LogP contribution in [0.5, 0.6) is 0 Å². The Hall–Kier alpha value is -1.45. The van der Waals surface area contributed by atoms with Crippen LogP contribution in [-0.2, 0) is 0 Å². The summed E-state index contributed by atoms with van der Waals surface area (Å²) in [4.78, 5) is 11.7. The van der Waals surface area contributed by atoms with Crippen molar-refractivity contribution in [1.82, 2.24) is 5.32 Å². The molecule has 2 aliphatic rings. The van der Waals surface area contributed by atoms with Gasteiger partial charge in [0.1, 0.15) is 6.04 Å². The molecule has 2 fully saturated rings. The summed E-state index contributed by atoms with van der Waals surface area (Å²) in [5.41, 5.74) is -0.460. The van der Waals surface area contributed by atoms with E-state index in [1.807, 2.05) is 0 Å². The van der Waals surface area contributed by atoms with E-state index in [1.165, 1.54) is 0 Å². The molecule has 1 aromatic rings. The van der Waals surface area contributed by atoms with Crippen LogP contribution in [0.3, 0.4) is 0 Å². The standard InChI is InChI=1S/C12H11F2NO/c13-12(14)10(11(12)6-7-11)15-9(16)8-4-2-1-3-5-8/h1-5,10H,6-7H2,(H,15,16). The van der Waals surface area contributed by atoms with Crippen LogP contribution in [0.15, 0.2) is 30.3 Å². The first-order valence-electron chi connectivity index (χ1n) is 5.32. The second-order valence-electron chi connectivity index (χ2n) is 4.55. The lowest BCUT2D eigenvalue weighted by molar-refractivity contribution is 0.0773. The third kappa shape index (κ3) is 1.13. The normalized spacial score (nSPS) is 27.5. The van der Waals surface area contributed by atoms with Crippen molar-refractivity contribution in [2.24, 2.45) is 5.41 Å². The molecule has 0 aromatic heterocycles. The quantitative estimate of drug-likeness (QED) is 0.818. The van der Waals surface area contributed by atoms with E-state index in [0.29, 0.717) is 18.4 Å². The Balaban J connectivity index is 1.72. The van der Waals surface area contributed by atoms with Crippen molar-refractivity contribution in [3.8, 4) is 0 Å². The minimum atomic E-state index is -2.70. The average molecular weight is 223 g/mol. The molecule has 2 aliphatic carbocycles. The van der Waals surface area contributed by atoms with Gasteiger partial charge >= 0.3 is 0 Å². The molecule has 0 saturated heterocycles. The van der Waals surface area contributed by atoms with Crippen LogP contribution in [0, 0.1) is 5.41 Å². The number of hydrogen-bond acceptors (Lipinski definition) is 1. The van der Waals surface area contributed by atoms with Gasteiger partial charge in [0.2, 0.25) is 0 Å². The third-order valence-electron chi connectivity index (χ3n) is 3.60. The topological polar surface area (TPSA) is 29.1 Å². The summed E-state index contributed by atoms with van der Waals surface area (Å²) in [6.45, 7) is 0. The van der Waals surface area contributed by atoms with Gasteiger partial charge in [0.15, 0.2) is 0 Å². The second kappa shape index (κ2) is 2.81. The number of halogens is 2. The summed E-state index contributed by atoms with van der Waals surface area (Å²) < 4.78 is 26.6. The van der Waals surface area contributed by atoms with Crippen molar-refractivity contribution in [1.29, 1.82) is 0 Å². The molecule has 84 valence electrons. The van der Waals surface area contributed by atoms with Crippen LogP contribution in [-0.4, -0.2) is 17.9 Å². The van der Waals surface area contributed by atoms with Crippen molar-refractivity contribution < 1.29 is 13.6 Å². The summed E-state index contributed by atoms with van der Waals surface area (Å²) in [5.74, 6) is -3.11. The number of carbonyl (C=O) groups is 1. The molecular weight excluding hydrogens is 212 g/mol. The van der Waals surface area contributed by atoms with Gasteiger partial charge in [0.05, 0.1) is 5.41 Å². The minimum Gasteiger partial charge on any atom is -0.342 e. The van der Waals surface area contributed by atoms with Crippen molar-refractivity contribution >= 4 is 5.91 Å². The van der Waals surface area contributed by atoms with Gasteiger partial charge in [-0.05, 0) is 25.0 Å². The Bertz CT molecular complexity index is 436. The number of amides is 1. The maximum Gasteiger partial charge on any atom is 0.276 e. The maximum atomic E-state index is 13.3. The first-order chi connectivity index (χ1) is 7.58. The van der Waals surface area contributed by atoms with E-state index >= 15 is 0 Å². The Morgan fingerprint density at radius 3 is 2.38 bits per heavy atom. The number of rotatable bonds is 2. The average Bonchev–Trinajstić information content (AvgIpc) is 3.14. The monoisotopic (exact) mass is 223 g/mol. The van der Waals surface area contributed by atoms with Gasteiger partial charge in [-0.3, -0.25) is 4.79 Å². The molecule has 0 heterocycles. The Morgan fingerprint density at radius 2 is 1.88 bits per heavy atom. The molecule has 3 rings (SSSR count). The lowest BCUT2D eigenvalue weighted by Gasteiger charge is -2.03. The van der Waals surface area contributed by atoms with Gasteiger partial charge < -0.3 is 5.32 Å². The van der Waals surface area contributed by atoms with Gasteiger partial charge in [-0.1, -0.05) is 18.2 Å². The zero-order chi connectivity index (χ0) is 11.4. The Labute approximate surface area is 91.7 Å². The van der Waals surface area contributed by atoms with Crippen molar-refractivity contribution in [2.45, 2.75) is 24.8 Å². The molecule has 2 nitrogen and oxygen atoms in total. The van der Waals surface area contributed by atoms with Gasteiger partial charge in [0, 0.05) is 5.56 Å². The molecule has 4 heteroatoms. The molecule has 0 aliphatic heterocycles. The fourth-order valence-corrected chi connectivity index (χ4v) is 2.30. The van der Waals surface area contributed by atoms with E-state index < -0.39 is 23.3 Å². The van der Waals surface area contributed by atoms with E-state index in [4.69, 9.17) is 0 Å². The highest BCUT2D eigenvalue weighted by atomic mass is 19.3. The van der Waals surface area contributed by atoms with Crippen molar-refractivity contribution in [3.63, 3.8) is 0 Å². The van der Waals surface area contributed by atoms with E-state index in [0.717, 1.165) is 0 Å². The minimum absolute atomic E-state index is 0.408. The van der Waals surface area contributed by atoms with E-state index in [2.05, 4.69) is 5.32 Å². The number of carbonyl (C=O) groups excluding carboxylic acids is 1. The molecule has 1 amide bonds. The second-order valence-corrected chi connectivity index (χ2v) is 4.55. The highest BCUT2D eigenvalue weighted by Crippen LogP contribution is 2.75. The van der Waals surface area contributed by atoms with Crippen molar-refractivity contribution in [3.05, 3.63) is 35.9 Å². The summed E-state index contributed by atoms with van der Waals surface area (Å²) in [7, 11) is 0. The fraction of sp³-hybridized carbons (Fsp3) is 0.417. The fourth-order valence-electron chi connectivity index (χ4n) is 2.30. The molecule has 1 unspecified atom stereocenters. The van der Waals surface area contributed by atoms with Crippen molar-refractivity contribution in [2.75, 3.05) is 0 Å². The molecule has 16 heavy (non-hydrogen) atoms. The highest BCUT2D eigenvalue weighted by Gasteiger charge is 2.87. The number of hydrogen-bond donors (Lipinski definition) is 1. The molecule has 0 bridgehead atoms. The number of benzene rings is 1. The SMILES string of the molecule is O=C(NC1C(F)(F)C12CC2)c1ccccc1. The van der Waals surface area contributed by atoms with E-state index in [9.17, 15) is 13.6 Å². The predicted molar refractivity (Wildman–Crippen MR) is 54.3 cm³/mol. The van der Waals surface area contributed by atoms with Gasteiger partial charge in [-0.15, -0.1) is 0 Å². The van der Waals surface area contributed by atoms with Crippen LogP contribution >= 0.6 is 0 Å². The first-order valence-corrected chi connectivity index (χ1v) is 5.32. The zero-order valence-corrected chi connectivity index (χ0v) is 8.54. The van der Waals surface area contributed by atoms with Gasteiger partial charge in [0.25, 0.3) is 11.8 Å². The largest absolute Gasteiger partial charge is 0.342 e. The Morgan fingerprint density at radius 1 is 1.25 bits per heavy atom. The first kappa shape index (κ1) is 9.75. The smallest absolute Gasteiger partial charge is 0.276 e. The summed E-state index contributed by atoms with van der Waals surface area (Å²) in [5, 5.41) is 2.42. The molecule has 2 saturated carbocycles. The van der Waals surface area contributed by atoms with Crippen LogP contribution in [0.25, 0.3) is 0 Å². The zero-order valence-electron chi connectivity index (χ0n) is 8.54. The molecule has 1 aromatic carbocycles. The van der Waals surface area contributed by atoms with E-state index in [-0.39, 0.29) is 0 Å². The number of nitrogens with one attached hydrogen (secondary N) is 1. The van der Waals surface area contributed by atoms with Gasteiger partial charge in [-0.2, -0.15) is 0 Å². The lowest BCUT2D eigenvalue weighted by atomic mass is 10.2. The summed E-state index contributed by atoms with van der Waals surface area (Å²) in [6.07, 6.45) is 1.06. The molecule has 1 spiro atoms. The lowest BCUT2D eigenvalue weighted by Crippen LogP contribution is -2.29. The molecule has 1 N–H and O–H groups in total. The van der Waals surface area contributed by atoms with Crippen LogP contribution in [0.4, 0.5) is 8.78 Å². The van der Waals surface area contributed by atoms with Crippen LogP contribution < -0.4 is 5.32 Å². The Kier molecular flexibility index (Phi) is 1.71.